The van der Waals surface area contributed by atoms with E-state index in [1.54, 1.807) is 0 Å². The van der Waals surface area contributed by atoms with Gasteiger partial charge in [-0.3, -0.25) is 0 Å². The van der Waals surface area contributed by atoms with Crippen molar-refractivity contribution in [2.24, 2.45) is 0 Å². The zero-order valence-corrected chi connectivity index (χ0v) is 10.9. The highest BCUT2D eigenvalue weighted by Gasteiger charge is 2.38. The molecule has 3 nitrogen and oxygen atoms in total. The van der Waals surface area contributed by atoms with Gasteiger partial charge in [0.1, 0.15) is 13.2 Å². The highest BCUT2D eigenvalue weighted by atomic mass is 35.5. The van der Waals surface area contributed by atoms with E-state index in [0.29, 0.717) is 30.3 Å². The second-order valence-electron chi connectivity index (χ2n) is 4.93. The first-order valence-corrected chi connectivity index (χ1v) is 6.53. The Bertz CT molecular complexity index is 486. The molecular formula is C13H15ClFNO2. The average molecular weight is 272 g/mol. The molecule has 2 heterocycles. The van der Waals surface area contributed by atoms with E-state index >= 15 is 0 Å². The third-order valence-corrected chi connectivity index (χ3v) is 3.92. The van der Waals surface area contributed by atoms with Gasteiger partial charge in [-0.2, -0.15) is 0 Å². The van der Waals surface area contributed by atoms with Crippen molar-refractivity contribution in [3.63, 3.8) is 0 Å². The second kappa shape index (κ2) is 4.28. The van der Waals surface area contributed by atoms with Crippen molar-refractivity contribution in [3.8, 4) is 11.5 Å². The zero-order valence-electron chi connectivity index (χ0n) is 10.2. The molecule has 1 N–H and O–H groups in total. The maximum absolute atomic E-state index is 14.4. The summed E-state index contributed by atoms with van der Waals surface area (Å²) in [4.78, 5) is 0. The van der Waals surface area contributed by atoms with Gasteiger partial charge >= 0.3 is 0 Å². The predicted octanol–water partition coefficient (Wildman–Crippen LogP) is 2.85. The SMILES string of the molecule is CC1(c2c(F)c(Cl)cc3c2OCCO3)CCCN1. The summed E-state index contributed by atoms with van der Waals surface area (Å²) >= 11 is 5.95. The summed E-state index contributed by atoms with van der Waals surface area (Å²) in [6, 6.07) is 1.49. The molecule has 1 unspecified atom stereocenters. The standard InChI is InChI=1S/C13H15ClFNO2/c1-13(3-2-4-16-13)10-11(15)8(14)7-9-12(10)18-6-5-17-9/h7,16H,2-6H2,1H3. The van der Waals surface area contributed by atoms with E-state index in [-0.39, 0.29) is 5.02 Å². The van der Waals surface area contributed by atoms with Crippen LogP contribution in [0.1, 0.15) is 25.3 Å². The van der Waals surface area contributed by atoms with Gasteiger partial charge in [0.25, 0.3) is 0 Å². The van der Waals surface area contributed by atoms with Crippen LogP contribution >= 0.6 is 11.6 Å². The van der Waals surface area contributed by atoms with Gasteiger partial charge in [0.15, 0.2) is 17.3 Å². The Balaban J connectivity index is 2.20. The Morgan fingerprint density at radius 2 is 2.17 bits per heavy atom. The minimum atomic E-state index is -0.431. The minimum absolute atomic E-state index is 0.0872. The summed E-state index contributed by atoms with van der Waals surface area (Å²) in [7, 11) is 0. The average Bonchev–Trinajstić information content (AvgIpc) is 2.78. The topological polar surface area (TPSA) is 30.5 Å². The van der Waals surface area contributed by atoms with Crippen molar-refractivity contribution < 1.29 is 13.9 Å². The summed E-state index contributed by atoms with van der Waals surface area (Å²) in [6.45, 7) is 3.76. The van der Waals surface area contributed by atoms with Crippen LogP contribution in [-0.2, 0) is 5.54 Å². The second-order valence-corrected chi connectivity index (χ2v) is 5.34. The van der Waals surface area contributed by atoms with E-state index in [2.05, 4.69) is 5.32 Å². The molecule has 1 aromatic carbocycles. The molecule has 1 saturated heterocycles. The minimum Gasteiger partial charge on any atom is -0.486 e. The van der Waals surface area contributed by atoms with Crippen molar-refractivity contribution in [1.29, 1.82) is 0 Å². The fraction of sp³-hybridized carbons (Fsp3) is 0.538. The number of ether oxygens (including phenoxy) is 2. The van der Waals surface area contributed by atoms with Crippen LogP contribution in [0.5, 0.6) is 11.5 Å². The first kappa shape index (κ1) is 12.1. The van der Waals surface area contributed by atoms with Crippen LogP contribution in [0, 0.1) is 5.82 Å². The molecule has 3 rings (SSSR count). The molecule has 0 aliphatic carbocycles. The molecule has 0 radical (unpaired) electrons. The van der Waals surface area contributed by atoms with E-state index in [4.69, 9.17) is 21.1 Å². The van der Waals surface area contributed by atoms with Crippen molar-refractivity contribution >= 4 is 11.6 Å². The van der Waals surface area contributed by atoms with Crippen LogP contribution in [-0.4, -0.2) is 19.8 Å². The van der Waals surface area contributed by atoms with E-state index in [0.717, 1.165) is 19.4 Å². The van der Waals surface area contributed by atoms with Crippen LogP contribution in [0.4, 0.5) is 4.39 Å². The Labute approximate surface area is 110 Å². The van der Waals surface area contributed by atoms with Crippen molar-refractivity contribution in [1.82, 2.24) is 5.32 Å². The third-order valence-electron chi connectivity index (χ3n) is 3.65. The number of benzene rings is 1. The van der Waals surface area contributed by atoms with E-state index in [9.17, 15) is 4.39 Å². The summed E-state index contributed by atoms with van der Waals surface area (Å²) < 4.78 is 25.5. The van der Waals surface area contributed by atoms with E-state index < -0.39 is 11.4 Å². The van der Waals surface area contributed by atoms with Gasteiger partial charge in [-0.25, -0.2) is 4.39 Å². The van der Waals surface area contributed by atoms with Gasteiger partial charge in [-0.15, -0.1) is 0 Å². The molecule has 2 aliphatic heterocycles. The van der Waals surface area contributed by atoms with Crippen molar-refractivity contribution in [2.45, 2.75) is 25.3 Å². The first-order valence-electron chi connectivity index (χ1n) is 6.15. The molecule has 2 aliphatic rings. The largest absolute Gasteiger partial charge is 0.486 e. The van der Waals surface area contributed by atoms with Crippen molar-refractivity contribution in [2.75, 3.05) is 19.8 Å². The number of hydrogen-bond donors (Lipinski definition) is 1. The van der Waals surface area contributed by atoms with Crippen molar-refractivity contribution in [3.05, 3.63) is 22.5 Å². The van der Waals surface area contributed by atoms with Gasteiger partial charge in [0, 0.05) is 11.6 Å². The fourth-order valence-electron chi connectivity index (χ4n) is 2.73. The van der Waals surface area contributed by atoms with Crippen LogP contribution in [0.2, 0.25) is 5.02 Å². The molecule has 98 valence electrons. The predicted molar refractivity (Wildman–Crippen MR) is 67.0 cm³/mol. The zero-order chi connectivity index (χ0) is 12.8. The fourth-order valence-corrected chi connectivity index (χ4v) is 2.93. The third kappa shape index (κ3) is 1.75. The molecule has 1 atom stereocenters. The highest BCUT2D eigenvalue weighted by molar-refractivity contribution is 6.31. The van der Waals surface area contributed by atoms with Crippen LogP contribution in [0.3, 0.4) is 0 Å². The summed E-state index contributed by atoms with van der Waals surface area (Å²) in [5.41, 5.74) is 0.0713. The molecule has 0 aromatic heterocycles. The van der Waals surface area contributed by atoms with Gasteiger partial charge < -0.3 is 14.8 Å². The summed E-state index contributed by atoms with van der Waals surface area (Å²) in [6.07, 6.45) is 1.87. The molecular weight excluding hydrogens is 257 g/mol. The quantitative estimate of drug-likeness (QED) is 0.852. The highest BCUT2D eigenvalue weighted by Crippen LogP contribution is 2.46. The lowest BCUT2D eigenvalue weighted by atomic mass is 9.88. The lowest BCUT2D eigenvalue weighted by Crippen LogP contribution is -2.35. The van der Waals surface area contributed by atoms with Gasteiger partial charge in [0.2, 0.25) is 0 Å². The molecule has 0 saturated carbocycles. The number of hydrogen-bond acceptors (Lipinski definition) is 3. The Hall–Kier alpha value is -1.00. The van der Waals surface area contributed by atoms with Crippen LogP contribution in [0.25, 0.3) is 0 Å². The first-order chi connectivity index (χ1) is 8.62. The maximum Gasteiger partial charge on any atom is 0.169 e. The number of rotatable bonds is 1. The Morgan fingerprint density at radius 3 is 2.89 bits per heavy atom. The molecule has 1 fully saturated rings. The Kier molecular flexibility index (Phi) is 2.87. The molecule has 18 heavy (non-hydrogen) atoms. The van der Waals surface area contributed by atoms with Crippen LogP contribution in [0.15, 0.2) is 6.07 Å². The van der Waals surface area contributed by atoms with E-state index in [1.165, 1.54) is 6.07 Å². The molecule has 0 amide bonds. The summed E-state index contributed by atoms with van der Waals surface area (Å²) in [5, 5.41) is 3.42. The lowest BCUT2D eigenvalue weighted by molar-refractivity contribution is 0.165. The van der Waals surface area contributed by atoms with Gasteiger partial charge in [-0.05, 0) is 26.3 Å². The van der Waals surface area contributed by atoms with Gasteiger partial charge in [-0.1, -0.05) is 11.6 Å². The number of nitrogens with one attached hydrogen (secondary N) is 1. The summed E-state index contributed by atoms with van der Waals surface area (Å²) in [5.74, 6) is 0.635. The Morgan fingerprint density at radius 1 is 1.39 bits per heavy atom. The smallest absolute Gasteiger partial charge is 0.169 e. The molecule has 5 heteroatoms. The number of fused-ring (bicyclic) bond motifs is 1. The maximum atomic E-state index is 14.4. The lowest BCUT2D eigenvalue weighted by Gasteiger charge is -2.31. The molecule has 0 bridgehead atoms. The molecule has 1 aromatic rings. The van der Waals surface area contributed by atoms with Gasteiger partial charge in [0.05, 0.1) is 10.6 Å². The van der Waals surface area contributed by atoms with E-state index in [1.807, 2.05) is 6.92 Å². The molecule has 0 spiro atoms. The normalized spacial score (nSPS) is 26.4. The monoisotopic (exact) mass is 271 g/mol. The number of halogens is 2. The van der Waals surface area contributed by atoms with Crippen LogP contribution < -0.4 is 14.8 Å².